The molecule has 1 fully saturated rings. The number of fused-ring (bicyclic) bond motifs is 1. The van der Waals surface area contributed by atoms with Crippen LogP contribution in [0.15, 0.2) is 24.3 Å². The lowest BCUT2D eigenvalue weighted by atomic mass is 10.0. The summed E-state index contributed by atoms with van der Waals surface area (Å²) >= 11 is 0. The summed E-state index contributed by atoms with van der Waals surface area (Å²) in [5.74, 6) is 1.83. The highest BCUT2D eigenvalue weighted by molar-refractivity contribution is 5.76. The first-order valence-corrected chi connectivity index (χ1v) is 6.99. The van der Waals surface area contributed by atoms with Gasteiger partial charge in [0.25, 0.3) is 0 Å². The van der Waals surface area contributed by atoms with Crippen LogP contribution in [-0.4, -0.2) is 22.1 Å². The van der Waals surface area contributed by atoms with Crippen LogP contribution in [0.25, 0.3) is 11.0 Å². The molecule has 18 heavy (non-hydrogen) atoms. The molecule has 1 aliphatic heterocycles. The van der Waals surface area contributed by atoms with Crippen molar-refractivity contribution >= 4 is 11.0 Å². The van der Waals surface area contributed by atoms with Gasteiger partial charge in [-0.05, 0) is 38.4 Å². The molecule has 2 unspecified atom stereocenters. The Morgan fingerprint density at radius 1 is 1.39 bits per heavy atom. The second kappa shape index (κ2) is 4.73. The van der Waals surface area contributed by atoms with Crippen LogP contribution in [-0.2, 0) is 6.54 Å². The summed E-state index contributed by atoms with van der Waals surface area (Å²) in [6.45, 7) is 6.68. The number of nitrogens with zero attached hydrogens (tertiary/aromatic N) is 2. The van der Waals surface area contributed by atoms with Crippen molar-refractivity contribution in [1.29, 1.82) is 0 Å². The average molecular weight is 243 g/mol. The normalized spacial score (nSPS) is 23.9. The van der Waals surface area contributed by atoms with Crippen molar-refractivity contribution in [1.82, 2.24) is 14.9 Å². The molecule has 0 spiro atoms. The lowest BCUT2D eigenvalue weighted by molar-refractivity contribution is 0.532. The number of nitrogens with one attached hydrogen (secondary N) is 1. The van der Waals surface area contributed by atoms with Crippen molar-refractivity contribution < 1.29 is 0 Å². The van der Waals surface area contributed by atoms with Gasteiger partial charge in [0.1, 0.15) is 5.82 Å². The molecule has 1 aromatic heterocycles. The molecule has 1 aliphatic rings. The molecule has 96 valence electrons. The monoisotopic (exact) mass is 243 g/mol. The maximum Gasteiger partial charge on any atom is 0.114 e. The van der Waals surface area contributed by atoms with Gasteiger partial charge in [0.15, 0.2) is 0 Å². The highest BCUT2D eigenvalue weighted by Crippen LogP contribution is 2.30. The van der Waals surface area contributed by atoms with Gasteiger partial charge in [0.05, 0.1) is 11.0 Å². The van der Waals surface area contributed by atoms with Crippen LogP contribution < -0.4 is 5.32 Å². The summed E-state index contributed by atoms with van der Waals surface area (Å²) in [7, 11) is 0. The summed E-state index contributed by atoms with van der Waals surface area (Å²) in [5.41, 5.74) is 2.42. The van der Waals surface area contributed by atoms with Crippen LogP contribution in [0.1, 0.15) is 38.4 Å². The van der Waals surface area contributed by atoms with Crippen LogP contribution in [0.5, 0.6) is 0 Å². The molecule has 2 atom stereocenters. The molecular formula is C15H21N3. The Morgan fingerprint density at radius 3 is 2.94 bits per heavy atom. The fraction of sp³-hybridized carbons (Fsp3) is 0.533. The van der Waals surface area contributed by atoms with Crippen LogP contribution >= 0.6 is 0 Å². The molecular weight excluding hydrogens is 222 g/mol. The number of rotatable bonds is 3. The van der Waals surface area contributed by atoms with E-state index in [0.29, 0.717) is 12.0 Å². The van der Waals surface area contributed by atoms with E-state index in [2.05, 4.69) is 48.0 Å². The summed E-state index contributed by atoms with van der Waals surface area (Å²) < 4.78 is 2.42. The lowest BCUT2D eigenvalue weighted by Gasteiger charge is -2.16. The second-order valence-corrected chi connectivity index (χ2v) is 5.25. The number of para-hydroxylation sites is 2. The van der Waals surface area contributed by atoms with E-state index in [0.717, 1.165) is 25.0 Å². The Bertz CT molecular complexity index is 544. The highest BCUT2D eigenvalue weighted by atomic mass is 15.1. The summed E-state index contributed by atoms with van der Waals surface area (Å²) in [4.78, 5) is 4.89. The van der Waals surface area contributed by atoms with Crippen LogP contribution in [0.2, 0.25) is 0 Å². The Labute approximate surface area is 108 Å². The van der Waals surface area contributed by atoms with Crippen molar-refractivity contribution in [2.75, 3.05) is 6.54 Å². The SMILES string of the molecule is CCCn1c(C2CCNC2C)nc2ccccc21. The van der Waals surface area contributed by atoms with Gasteiger partial charge in [-0.1, -0.05) is 19.1 Å². The van der Waals surface area contributed by atoms with Gasteiger partial charge < -0.3 is 9.88 Å². The second-order valence-electron chi connectivity index (χ2n) is 5.25. The predicted molar refractivity (Wildman–Crippen MR) is 74.8 cm³/mol. The van der Waals surface area contributed by atoms with Crippen LogP contribution in [0.3, 0.4) is 0 Å². The fourth-order valence-electron chi connectivity index (χ4n) is 3.05. The Balaban J connectivity index is 2.12. The minimum atomic E-state index is 0.539. The van der Waals surface area contributed by atoms with E-state index in [-0.39, 0.29) is 0 Å². The number of imidazole rings is 1. The minimum Gasteiger partial charge on any atom is -0.328 e. The van der Waals surface area contributed by atoms with E-state index in [1.165, 1.54) is 17.8 Å². The molecule has 1 aromatic carbocycles. The maximum atomic E-state index is 4.89. The summed E-state index contributed by atoms with van der Waals surface area (Å²) in [5, 5.41) is 3.53. The van der Waals surface area contributed by atoms with E-state index in [1.54, 1.807) is 0 Å². The first kappa shape index (κ1) is 11.7. The molecule has 1 N–H and O–H groups in total. The summed E-state index contributed by atoms with van der Waals surface area (Å²) in [6, 6.07) is 9.03. The molecule has 0 saturated carbocycles. The molecule has 2 aromatic rings. The molecule has 3 heteroatoms. The first-order chi connectivity index (χ1) is 8.81. The van der Waals surface area contributed by atoms with Gasteiger partial charge in [-0.2, -0.15) is 0 Å². The Morgan fingerprint density at radius 2 is 2.22 bits per heavy atom. The van der Waals surface area contributed by atoms with E-state index in [9.17, 15) is 0 Å². The minimum absolute atomic E-state index is 0.539. The topological polar surface area (TPSA) is 29.9 Å². The molecule has 2 heterocycles. The van der Waals surface area contributed by atoms with Gasteiger partial charge in [0, 0.05) is 18.5 Å². The number of benzene rings is 1. The third kappa shape index (κ3) is 1.83. The molecule has 0 aliphatic carbocycles. The van der Waals surface area contributed by atoms with Gasteiger partial charge in [0.2, 0.25) is 0 Å². The quantitative estimate of drug-likeness (QED) is 0.898. The molecule has 1 saturated heterocycles. The number of hydrogen-bond donors (Lipinski definition) is 1. The molecule has 0 radical (unpaired) electrons. The first-order valence-electron chi connectivity index (χ1n) is 6.99. The van der Waals surface area contributed by atoms with E-state index in [1.807, 2.05) is 0 Å². The predicted octanol–water partition coefficient (Wildman–Crippen LogP) is 2.91. The van der Waals surface area contributed by atoms with Crippen LogP contribution in [0, 0.1) is 0 Å². The van der Waals surface area contributed by atoms with Crippen molar-refractivity contribution in [2.45, 2.75) is 45.2 Å². The number of aryl methyl sites for hydroxylation is 1. The lowest BCUT2D eigenvalue weighted by Crippen LogP contribution is -2.23. The van der Waals surface area contributed by atoms with Gasteiger partial charge in [-0.3, -0.25) is 0 Å². The highest BCUT2D eigenvalue weighted by Gasteiger charge is 2.29. The molecule has 0 amide bonds. The van der Waals surface area contributed by atoms with Crippen LogP contribution in [0.4, 0.5) is 0 Å². The van der Waals surface area contributed by atoms with Gasteiger partial charge >= 0.3 is 0 Å². The van der Waals surface area contributed by atoms with Crippen molar-refractivity contribution in [2.24, 2.45) is 0 Å². The molecule has 3 nitrogen and oxygen atoms in total. The van der Waals surface area contributed by atoms with E-state index >= 15 is 0 Å². The number of aromatic nitrogens is 2. The van der Waals surface area contributed by atoms with Crippen molar-refractivity contribution in [3.8, 4) is 0 Å². The van der Waals surface area contributed by atoms with Crippen molar-refractivity contribution in [3.63, 3.8) is 0 Å². The third-order valence-corrected chi connectivity index (χ3v) is 3.99. The molecule has 0 bridgehead atoms. The maximum absolute atomic E-state index is 4.89. The zero-order chi connectivity index (χ0) is 12.5. The summed E-state index contributed by atoms with van der Waals surface area (Å²) in [6.07, 6.45) is 2.36. The zero-order valence-electron chi connectivity index (χ0n) is 11.2. The van der Waals surface area contributed by atoms with Gasteiger partial charge in [-0.15, -0.1) is 0 Å². The van der Waals surface area contributed by atoms with E-state index in [4.69, 9.17) is 4.98 Å². The Kier molecular flexibility index (Phi) is 3.08. The Hall–Kier alpha value is -1.35. The number of hydrogen-bond acceptors (Lipinski definition) is 2. The van der Waals surface area contributed by atoms with Crippen molar-refractivity contribution in [3.05, 3.63) is 30.1 Å². The fourth-order valence-corrected chi connectivity index (χ4v) is 3.05. The van der Waals surface area contributed by atoms with E-state index < -0.39 is 0 Å². The molecule has 3 rings (SSSR count). The third-order valence-electron chi connectivity index (χ3n) is 3.99. The van der Waals surface area contributed by atoms with Gasteiger partial charge in [-0.25, -0.2) is 4.98 Å². The average Bonchev–Trinajstić information content (AvgIpc) is 2.94. The smallest absolute Gasteiger partial charge is 0.114 e. The largest absolute Gasteiger partial charge is 0.328 e. The standard InChI is InChI=1S/C15H21N3/c1-3-10-18-14-7-5-4-6-13(14)17-15(18)12-8-9-16-11(12)2/h4-7,11-12,16H,3,8-10H2,1-2H3. The zero-order valence-corrected chi connectivity index (χ0v) is 11.2.